The number of amides is 1. The molecule has 114 valence electrons. The van der Waals surface area contributed by atoms with Crippen LogP contribution in [0.3, 0.4) is 0 Å². The van der Waals surface area contributed by atoms with Crippen molar-refractivity contribution in [2.24, 2.45) is 0 Å². The molecule has 0 bridgehead atoms. The summed E-state index contributed by atoms with van der Waals surface area (Å²) in [6.07, 6.45) is 0.992. The van der Waals surface area contributed by atoms with E-state index in [2.05, 4.69) is 39.9 Å². The molecule has 0 unspecified atom stereocenters. The number of hydrogen-bond acceptors (Lipinski definition) is 2. The second-order valence-corrected chi connectivity index (χ2v) is 6.30. The van der Waals surface area contributed by atoms with E-state index < -0.39 is 0 Å². The highest BCUT2D eigenvalue weighted by molar-refractivity contribution is 6.03. The number of nitrogens with one attached hydrogen (secondary N) is 3. The fraction of sp³-hybridized carbons (Fsp3) is 0.211. The largest absolute Gasteiger partial charge is 0.357 e. The number of carbonyl (C=O) groups is 1. The van der Waals surface area contributed by atoms with Gasteiger partial charge in [0.25, 0.3) is 0 Å². The number of anilines is 1. The lowest BCUT2D eigenvalue weighted by molar-refractivity contribution is -0.117. The second-order valence-electron chi connectivity index (χ2n) is 6.30. The van der Waals surface area contributed by atoms with Gasteiger partial charge in [-0.25, -0.2) is 0 Å². The number of para-hydroxylation sites is 2. The van der Waals surface area contributed by atoms with E-state index in [1.54, 1.807) is 0 Å². The predicted octanol–water partition coefficient (Wildman–Crippen LogP) is 3.09. The lowest BCUT2D eigenvalue weighted by Gasteiger charge is -2.28. The fourth-order valence-electron chi connectivity index (χ4n) is 4.06. The first-order valence-electron chi connectivity index (χ1n) is 8.05. The molecule has 0 spiro atoms. The molecule has 1 amide bonds. The smallest absolute Gasteiger partial charge is 0.234 e. The van der Waals surface area contributed by atoms with Gasteiger partial charge in [-0.3, -0.25) is 4.79 Å². The topological polar surface area (TPSA) is 56.9 Å². The van der Waals surface area contributed by atoms with Crippen molar-refractivity contribution in [3.05, 3.63) is 65.4 Å². The SMILES string of the molecule is O=C1Nc2ccccc2[C@H]1[C@H]1NCCc2c1[nH]c1ccccc21. The summed E-state index contributed by atoms with van der Waals surface area (Å²) < 4.78 is 0. The molecule has 3 heterocycles. The second kappa shape index (κ2) is 4.70. The summed E-state index contributed by atoms with van der Waals surface area (Å²) in [5.41, 5.74) is 5.68. The van der Waals surface area contributed by atoms with Gasteiger partial charge in [0.1, 0.15) is 0 Å². The molecule has 2 aliphatic rings. The Balaban J connectivity index is 1.68. The van der Waals surface area contributed by atoms with Gasteiger partial charge in [0.05, 0.1) is 12.0 Å². The third-order valence-corrected chi connectivity index (χ3v) is 5.07. The van der Waals surface area contributed by atoms with E-state index >= 15 is 0 Å². The maximum atomic E-state index is 12.6. The van der Waals surface area contributed by atoms with Gasteiger partial charge in [-0.05, 0) is 36.2 Å². The molecule has 2 aliphatic heterocycles. The molecular weight excluding hydrogens is 286 g/mol. The molecule has 1 aromatic heterocycles. The zero-order valence-electron chi connectivity index (χ0n) is 12.6. The van der Waals surface area contributed by atoms with E-state index in [0.29, 0.717) is 0 Å². The van der Waals surface area contributed by atoms with Crippen LogP contribution in [0.15, 0.2) is 48.5 Å². The molecule has 2 atom stereocenters. The monoisotopic (exact) mass is 303 g/mol. The average Bonchev–Trinajstić information content (AvgIpc) is 3.11. The Morgan fingerprint density at radius 1 is 1.00 bits per heavy atom. The molecule has 0 radical (unpaired) electrons. The standard InChI is InChI=1S/C19H17N3O/c23-19-16(13-6-2-4-8-15(13)22-19)18-17-12(9-10-20-18)11-5-1-3-7-14(11)21-17/h1-8,16,18,20-21H,9-10H2,(H,22,23)/t16-,18+/m0/s1. The van der Waals surface area contributed by atoms with Crippen molar-refractivity contribution >= 4 is 22.5 Å². The van der Waals surface area contributed by atoms with Gasteiger partial charge < -0.3 is 15.6 Å². The maximum Gasteiger partial charge on any atom is 0.234 e. The molecule has 3 N–H and O–H groups in total. The molecule has 3 aromatic rings. The summed E-state index contributed by atoms with van der Waals surface area (Å²) in [7, 11) is 0. The third kappa shape index (κ3) is 1.79. The van der Waals surface area contributed by atoms with Crippen molar-refractivity contribution in [3.8, 4) is 0 Å². The Bertz CT molecular complexity index is 927. The van der Waals surface area contributed by atoms with E-state index in [0.717, 1.165) is 35.4 Å². The van der Waals surface area contributed by atoms with Crippen molar-refractivity contribution < 1.29 is 4.79 Å². The molecule has 5 rings (SSSR count). The molecule has 0 fully saturated rings. The van der Waals surface area contributed by atoms with Crippen LogP contribution in [0.2, 0.25) is 0 Å². The number of rotatable bonds is 1. The Kier molecular flexibility index (Phi) is 2.64. The number of aromatic amines is 1. The van der Waals surface area contributed by atoms with Crippen LogP contribution in [0.4, 0.5) is 5.69 Å². The minimum Gasteiger partial charge on any atom is -0.357 e. The van der Waals surface area contributed by atoms with Crippen molar-refractivity contribution in [1.82, 2.24) is 10.3 Å². The summed E-state index contributed by atoms with van der Waals surface area (Å²) >= 11 is 0. The predicted molar refractivity (Wildman–Crippen MR) is 90.6 cm³/mol. The minimum absolute atomic E-state index is 0.00481. The third-order valence-electron chi connectivity index (χ3n) is 5.07. The van der Waals surface area contributed by atoms with Gasteiger partial charge in [0.2, 0.25) is 5.91 Å². The van der Waals surface area contributed by atoms with Gasteiger partial charge in [-0.2, -0.15) is 0 Å². The number of benzene rings is 2. The van der Waals surface area contributed by atoms with Crippen LogP contribution in [0.5, 0.6) is 0 Å². The van der Waals surface area contributed by atoms with Crippen LogP contribution in [-0.2, 0) is 11.2 Å². The van der Waals surface area contributed by atoms with E-state index in [4.69, 9.17) is 0 Å². The minimum atomic E-state index is -0.182. The molecule has 0 saturated carbocycles. The highest BCUT2D eigenvalue weighted by Gasteiger charge is 2.40. The van der Waals surface area contributed by atoms with Gasteiger partial charge in [0.15, 0.2) is 0 Å². The highest BCUT2D eigenvalue weighted by Crippen LogP contribution is 2.43. The first kappa shape index (κ1) is 12.9. The van der Waals surface area contributed by atoms with Gasteiger partial charge in [-0.15, -0.1) is 0 Å². The Morgan fingerprint density at radius 2 is 1.83 bits per heavy atom. The fourth-order valence-corrected chi connectivity index (χ4v) is 4.06. The summed E-state index contributed by atoms with van der Waals surface area (Å²) in [4.78, 5) is 16.1. The van der Waals surface area contributed by atoms with E-state index in [9.17, 15) is 4.79 Å². The Hall–Kier alpha value is -2.59. The summed E-state index contributed by atoms with van der Waals surface area (Å²) in [5.74, 6) is -0.103. The summed E-state index contributed by atoms with van der Waals surface area (Å²) in [5, 5.41) is 7.85. The van der Waals surface area contributed by atoms with E-state index in [1.807, 2.05) is 24.3 Å². The average molecular weight is 303 g/mol. The molecule has 4 nitrogen and oxygen atoms in total. The van der Waals surface area contributed by atoms with Crippen LogP contribution >= 0.6 is 0 Å². The number of carbonyl (C=O) groups excluding carboxylic acids is 1. The molecular formula is C19H17N3O. The highest BCUT2D eigenvalue weighted by atomic mass is 16.2. The quantitative estimate of drug-likeness (QED) is 0.647. The number of fused-ring (bicyclic) bond motifs is 4. The van der Waals surface area contributed by atoms with Crippen LogP contribution in [0.1, 0.15) is 28.8 Å². The molecule has 0 saturated heterocycles. The van der Waals surface area contributed by atoms with Gasteiger partial charge in [0, 0.05) is 22.3 Å². The number of aromatic nitrogens is 1. The van der Waals surface area contributed by atoms with Crippen molar-refractivity contribution in [2.45, 2.75) is 18.4 Å². The Labute approximate surface area is 133 Å². The number of hydrogen-bond donors (Lipinski definition) is 3. The van der Waals surface area contributed by atoms with Crippen molar-refractivity contribution in [1.29, 1.82) is 0 Å². The molecule has 23 heavy (non-hydrogen) atoms. The van der Waals surface area contributed by atoms with Crippen LogP contribution in [0.25, 0.3) is 10.9 Å². The summed E-state index contributed by atoms with van der Waals surface area (Å²) in [6, 6.07) is 16.4. The first-order valence-corrected chi connectivity index (χ1v) is 8.05. The van der Waals surface area contributed by atoms with Gasteiger partial charge >= 0.3 is 0 Å². The van der Waals surface area contributed by atoms with Crippen molar-refractivity contribution in [3.63, 3.8) is 0 Å². The lowest BCUT2D eigenvalue weighted by Crippen LogP contribution is -2.36. The van der Waals surface area contributed by atoms with Gasteiger partial charge in [-0.1, -0.05) is 36.4 Å². The van der Waals surface area contributed by atoms with Crippen LogP contribution < -0.4 is 10.6 Å². The Morgan fingerprint density at radius 3 is 2.78 bits per heavy atom. The molecule has 0 aliphatic carbocycles. The normalized spacial score (nSPS) is 22.7. The summed E-state index contributed by atoms with van der Waals surface area (Å²) in [6.45, 7) is 0.894. The molecule has 2 aromatic carbocycles. The maximum absolute atomic E-state index is 12.6. The zero-order valence-corrected chi connectivity index (χ0v) is 12.6. The van der Waals surface area contributed by atoms with Crippen LogP contribution in [-0.4, -0.2) is 17.4 Å². The van der Waals surface area contributed by atoms with Crippen molar-refractivity contribution in [2.75, 3.05) is 11.9 Å². The van der Waals surface area contributed by atoms with E-state index in [1.165, 1.54) is 10.9 Å². The lowest BCUT2D eigenvalue weighted by atomic mass is 9.86. The first-order chi connectivity index (χ1) is 11.3. The zero-order chi connectivity index (χ0) is 15.4. The molecule has 4 heteroatoms. The number of H-pyrrole nitrogens is 1. The van der Waals surface area contributed by atoms with E-state index in [-0.39, 0.29) is 17.9 Å². The van der Waals surface area contributed by atoms with Crippen LogP contribution in [0, 0.1) is 0 Å².